The van der Waals surface area contributed by atoms with Crippen LogP contribution in [0.1, 0.15) is 49.9 Å². The molecule has 1 aromatic rings. The molecule has 0 unspecified atom stereocenters. The first-order chi connectivity index (χ1) is 13.7. The zero-order chi connectivity index (χ0) is 22.0. The molecule has 4 heteroatoms. The van der Waals surface area contributed by atoms with E-state index in [1.54, 1.807) is 12.2 Å². The van der Waals surface area contributed by atoms with E-state index < -0.39 is 0 Å². The van der Waals surface area contributed by atoms with Crippen molar-refractivity contribution in [2.75, 3.05) is 20.2 Å². The molecule has 1 aromatic carbocycles. The maximum absolute atomic E-state index is 11.9. The molecule has 1 rings (SSSR count). The molecule has 158 valence electrons. The summed E-state index contributed by atoms with van der Waals surface area (Å²) in [6, 6.07) is 2.08. The van der Waals surface area contributed by atoms with Gasteiger partial charge >= 0.3 is 5.97 Å². The molecule has 0 spiro atoms. The van der Waals surface area contributed by atoms with E-state index in [1.165, 1.54) is 22.8 Å². The van der Waals surface area contributed by atoms with Gasteiger partial charge in [0.05, 0.1) is 7.11 Å². The number of ether oxygens (including phenoxy) is 1. The smallest absolute Gasteiger partial charge is 0.349 e. The Morgan fingerprint density at radius 1 is 1.03 bits per heavy atom. The molecule has 0 aromatic heterocycles. The molecular formula is C25H35NO3. The zero-order valence-corrected chi connectivity index (χ0v) is 19.1. The molecule has 0 aliphatic carbocycles. The second-order valence-electron chi connectivity index (χ2n) is 7.08. The number of rotatable bonds is 9. The summed E-state index contributed by atoms with van der Waals surface area (Å²) < 4.78 is 5.44. The maximum atomic E-state index is 11.9. The SMILES string of the molecule is CCN(CC)OC(=O)C=C(C)C=CC=C(C)C=Cc1c(C)cc(OC)c(C)c1C. The topological polar surface area (TPSA) is 38.8 Å². The molecule has 0 radical (unpaired) electrons. The van der Waals surface area contributed by atoms with Crippen molar-refractivity contribution in [1.29, 1.82) is 0 Å². The van der Waals surface area contributed by atoms with Crippen molar-refractivity contribution in [3.8, 4) is 5.75 Å². The highest BCUT2D eigenvalue weighted by Gasteiger charge is 2.08. The molecule has 0 bridgehead atoms. The Labute approximate surface area is 176 Å². The lowest BCUT2D eigenvalue weighted by molar-refractivity contribution is -0.182. The largest absolute Gasteiger partial charge is 0.496 e. The number of allylic oxidation sites excluding steroid dienone is 6. The minimum atomic E-state index is -0.350. The van der Waals surface area contributed by atoms with Crippen molar-refractivity contribution in [2.24, 2.45) is 0 Å². The Morgan fingerprint density at radius 2 is 1.69 bits per heavy atom. The third-order valence-electron chi connectivity index (χ3n) is 4.83. The van der Waals surface area contributed by atoms with Crippen LogP contribution < -0.4 is 4.74 Å². The molecule has 0 aliphatic heterocycles. The molecule has 0 saturated heterocycles. The number of carbonyl (C=O) groups excluding carboxylic acids is 1. The first kappa shape index (κ1) is 24.4. The number of benzene rings is 1. The Balaban J connectivity index is 2.83. The molecule has 4 nitrogen and oxygen atoms in total. The highest BCUT2D eigenvalue weighted by atomic mass is 16.7. The van der Waals surface area contributed by atoms with Gasteiger partial charge in [0, 0.05) is 19.2 Å². The van der Waals surface area contributed by atoms with E-state index in [0.717, 1.165) is 22.5 Å². The monoisotopic (exact) mass is 397 g/mol. The fourth-order valence-electron chi connectivity index (χ4n) is 2.90. The van der Waals surface area contributed by atoms with E-state index in [9.17, 15) is 4.79 Å². The molecule has 0 fully saturated rings. The molecular weight excluding hydrogens is 362 g/mol. The van der Waals surface area contributed by atoms with Gasteiger partial charge in [-0.25, -0.2) is 4.79 Å². The summed E-state index contributed by atoms with van der Waals surface area (Å²) in [4.78, 5) is 17.1. The standard InChI is InChI=1S/C25H35NO3/c1-9-26(10-2)29-25(27)16-19(4)13-11-12-18(3)14-15-23-20(5)17-24(28-8)22(7)21(23)6/h11-17H,9-10H2,1-8H3. The predicted octanol–water partition coefficient (Wildman–Crippen LogP) is 5.88. The van der Waals surface area contributed by atoms with Gasteiger partial charge in [0.2, 0.25) is 0 Å². The van der Waals surface area contributed by atoms with Crippen LogP contribution in [0.4, 0.5) is 0 Å². The average Bonchev–Trinajstić information content (AvgIpc) is 2.68. The Hall–Kier alpha value is -2.59. The van der Waals surface area contributed by atoms with E-state index in [1.807, 2.05) is 39.0 Å². The van der Waals surface area contributed by atoms with Crippen molar-refractivity contribution < 1.29 is 14.4 Å². The van der Waals surface area contributed by atoms with Crippen LogP contribution in [0, 0.1) is 20.8 Å². The number of methoxy groups -OCH3 is 1. The summed E-state index contributed by atoms with van der Waals surface area (Å²) in [5.74, 6) is 0.575. The fourth-order valence-corrected chi connectivity index (χ4v) is 2.90. The predicted molar refractivity (Wildman–Crippen MR) is 122 cm³/mol. The Morgan fingerprint density at radius 3 is 2.28 bits per heavy atom. The summed E-state index contributed by atoms with van der Waals surface area (Å²) in [7, 11) is 1.70. The lowest BCUT2D eigenvalue weighted by Gasteiger charge is -2.15. The van der Waals surface area contributed by atoms with Crippen molar-refractivity contribution in [1.82, 2.24) is 5.06 Å². The normalized spacial score (nSPS) is 13.0. The summed E-state index contributed by atoms with van der Waals surface area (Å²) in [5.41, 5.74) is 6.76. The summed E-state index contributed by atoms with van der Waals surface area (Å²) in [6.07, 6.45) is 11.6. The lowest BCUT2D eigenvalue weighted by atomic mass is 9.96. The first-order valence-electron chi connectivity index (χ1n) is 10.1. The van der Waals surface area contributed by atoms with E-state index >= 15 is 0 Å². The number of carbonyl (C=O) groups is 1. The van der Waals surface area contributed by atoms with E-state index in [2.05, 4.69) is 45.9 Å². The van der Waals surface area contributed by atoms with Gasteiger partial charge in [-0.1, -0.05) is 36.0 Å². The van der Waals surface area contributed by atoms with Crippen LogP contribution in [-0.2, 0) is 9.63 Å². The zero-order valence-electron chi connectivity index (χ0n) is 19.1. The number of hydrogen-bond acceptors (Lipinski definition) is 4. The molecule has 0 aliphatic rings. The molecule has 0 saturated carbocycles. The van der Waals surface area contributed by atoms with Crippen LogP contribution in [0.25, 0.3) is 6.08 Å². The van der Waals surface area contributed by atoms with Gasteiger partial charge in [0.25, 0.3) is 0 Å². The minimum absolute atomic E-state index is 0.350. The van der Waals surface area contributed by atoms with Crippen LogP contribution in [0.2, 0.25) is 0 Å². The lowest BCUT2D eigenvalue weighted by Crippen LogP contribution is -2.26. The van der Waals surface area contributed by atoms with Gasteiger partial charge < -0.3 is 9.57 Å². The second kappa shape index (κ2) is 12.1. The van der Waals surface area contributed by atoms with Crippen molar-refractivity contribution in [2.45, 2.75) is 48.5 Å². The Kier molecular flexibility index (Phi) is 10.2. The minimum Gasteiger partial charge on any atom is -0.496 e. The van der Waals surface area contributed by atoms with Crippen molar-refractivity contribution >= 4 is 12.0 Å². The molecule has 0 heterocycles. The summed E-state index contributed by atoms with van der Waals surface area (Å²) >= 11 is 0. The first-order valence-corrected chi connectivity index (χ1v) is 10.1. The number of hydroxylamine groups is 2. The van der Waals surface area contributed by atoms with Crippen LogP contribution in [-0.4, -0.2) is 31.2 Å². The third-order valence-corrected chi connectivity index (χ3v) is 4.83. The molecule has 0 atom stereocenters. The number of hydrogen-bond donors (Lipinski definition) is 0. The average molecular weight is 398 g/mol. The quantitative estimate of drug-likeness (QED) is 0.296. The Bertz CT molecular complexity index is 825. The van der Waals surface area contributed by atoms with Gasteiger partial charge in [-0.05, 0) is 82.4 Å². The highest BCUT2D eigenvalue weighted by Crippen LogP contribution is 2.28. The van der Waals surface area contributed by atoms with Crippen LogP contribution in [0.15, 0.2) is 47.6 Å². The van der Waals surface area contributed by atoms with Gasteiger partial charge in [-0.15, -0.1) is 5.06 Å². The van der Waals surface area contributed by atoms with E-state index in [0.29, 0.717) is 13.1 Å². The van der Waals surface area contributed by atoms with Gasteiger partial charge in [0.1, 0.15) is 5.75 Å². The molecule has 0 N–H and O–H groups in total. The van der Waals surface area contributed by atoms with Gasteiger partial charge in [0.15, 0.2) is 0 Å². The fraction of sp³-hybridized carbons (Fsp3) is 0.400. The van der Waals surface area contributed by atoms with Gasteiger partial charge in [-0.2, -0.15) is 0 Å². The molecule has 0 amide bonds. The highest BCUT2D eigenvalue weighted by molar-refractivity contribution is 5.83. The third kappa shape index (κ3) is 7.74. The van der Waals surface area contributed by atoms with E-state index in [-0.39, 0.29) is 5.97 Å². The number of nitrogens with zero attached hydrogens (tertiary/aromatic N) is 1. The van der Waals surface area contributed by atoms with Crippen LogP contribution in [0.5, 0.6) is 5.75 Å². The van der Waals surface area contributed by atoms with Crippen LogP contribution in [0.3, 0.4) is 0 Å². The second-order valence-corrected chi connectivity index (χ2v) is 7.08. The van der Waals surface area contributed by atoms with Crippen LogP contribution >= 0.6 is 0 Å². The summed E-state index contributed by atoms with van der Waals surface area (Å²) in [5, 5.41) is 1.62. The summed E-state index contributed by atoms with van der Waals surface area (Å²) in [6.45, 7) is 15.5. The molecule has 29 heavy (non-hydrogen) atoms. The van der Waals surface area contributed by atoms with Crippen molar-refractivity contribution in [3.05, 3.63) is 69.8 Å². The van der Waals surface area contributed by atoms with E-state index in [4.69, 9.17) is 9.57 Å². The maximum Gasteiger partial charge on any atom is 0.349 e. The number of aryl methyl sites for hydroxylation is 1. The van der Waals surface area contributed by atoms with Crippen molar-refractivity contribution in [3.63, 3.8) is 0 Å². The van der Waals surface area contributed by atoms with Gasteiger partial charge in [-0.3, -0.25) is 0 Å².